The van der Waals surface area contributed by atoms with Gasteiger partial charge in [0.1, 0.15) is 17.1 Å². The maximum Gasteiger partial charge on any atom is 0.243 e. The lowest BCUT2D eigenvalue weighted by molar-refractivity contribution is 0.196. The van der Waals surface area contributed by atoms with Crippen molar-refractivity contribution in [3.05, 3.63) is 34.9 Å². The minimum atomic E-state index is -3.68. The number of fused-ring (bicyclic) bond motifs is 1. The Morgan fingerprint density at radius 3 is 2.47 bits per heavy atom. The molecule has 11 heteroatoms. The van der Waals surface area contributed by atoms with Crippen molar-refractivity contribution >= 4 is 27.1 Å². The first kappa shape index (κ1) is 24.8. The van der Waals surface area contributed by atoms with Gasteiger partial charge in [-0.15, -0.1) is 5.10 Å². The van der Waals surface area contributed by atoms with Crippen LogP contribution in [0.3, 0.4) is 0 Å². The Hall–Kier alpha value is -2.27. The van der Waals surface area contributed by atoms with Crippen molar-refractivity contribution in [1.82, 2.24) is 28.8 Å². The number of nitrogens with zero attached hydrogens (tertiary/aromatic N) is 6. The van der Waals surface area contributed by atoms with Gasteiger partial charge in [0.05, 0.1) is 22.8 Å². The van der Waals surface area contributed by atoms with Crippen LogP contribution in [0.2, 0.25) is 5.15 Å². The minimum Gasteiger partial charge on any atom is -0.493 e. The average molecular weight is 507 g/mol. The van der Waals surface area contributed by atoms with E-state index in [-0.39, 0.29) is 10.0 Å². The summed E-state index contributed by atoms with van der Waals surface area (Å²) in [7, 11) is -3.68. The van der Waals surface area contributed by atoms with Crippen molar-refractivity contribution in [2.45, 2.75) is 45.4 Å². The van der Waals surface area contributed by atoms with Crippen molar-refractivity contribution in [2.75, 3.05) is 39.3 Å². The fourth-order valence-electron chi connectivity index (χ4n) is 4.24. The predicted molar refractivity (Wildman–Crippen MR) is 132 cm³/mol. The lowest BCUT2D eigenvalue weighted by Crippen LogP contribution is -2.48. The molecule has 0 aliphatic carbocycles. The van der Waals surface area contributed by atoms with Gasteiger partial charge in [-0.05, 0) is 45.0 Å². The smallest absolute Gasteiger partial charge is 0.243 e. The molecule has 3 aromatic rings. The van der Waals surface area contributed by atoms with Crippen LogP contribution < -0.4 is 4.74 Å². The van der Waals surface area contributed by atoms with Crippen LogP contribution in [-0.4, -0.2) is 76.5 Å². The first-order valence-corrected chi connectivity index (χ1v) is 13.5. The molecule has 184 valence electrons. The van der Waals surface area contributed by atoms with Crippen molar-refractivity contribution < 1.29 is 13.2 Å². The molecule has 1 aliphatic heterocycles. The van der Waals surface area contributed by atoms with Gasteiger partial charge >= 0.3 is 0 Å². The Morgan fingerprint density at radius 1 is 1.09 bits per heavy atom. The van der Waals surface area contributed by atoms with Crippen LogP contribution in [0.25, 0.3) is 16.9 Å². The predicted octanol–water partition coefficient (Wildman–Crippen LogP) is 3.43. The van der Waals surface area contributed by atoms with E-state index in [1.165, 1.54) is 4.31 Å². The first-order valence-electron chi connectivity index (χ1n) is 11.7. The Morgan fingerprint density at radius 2 is 1.82 bits per heavy atom. The Balaban J connectivity index is 1.81. The van der Waals surface area contributed by atoms with E-state index in [9.17, 15) is 8.42 Å². The highest BCUT2D eigenvalue weighted by Crippen LogP contribution is 2.33. The molecule has 2 aromatic heterocycles. The number of halogens is 1. The molecule has 1 fully saturated rings. The highest BCUT2D eigenvalue weighted by Gasteiger charge is 2.29. The molecule has 0 N–H and O–H groups in total. The van der Waals surface area contributed by atoms with E-state index in [4.69, 9.17) is 21.4 Å². The number of hydrogen-bond acceptors (Lipinski definition) is 7. The number of rotatable bonds is 8. The Kier molecular flexibility index (Phi) is 7.42. The van der Waals surface area contributed by atoms with E-state index in [1.54, 1.807) is 22.7 Å². The number of aromatic nitrogens is 4. The van der Waals surface area contributed by atoms with Gasteiger partial charge in [-0.1, -0.05) is 25.4 Å². The summed E-state index contributed by atoms with van der Waals surface area (Å²) in [6.45, 7) is 11.6. The number of piperazine rings is 1. The molecule has 9 nitrogen and oxygen atoms in total. The molecule has 4 rings (SSSR count). The maximum absolute atomic E-state index is 13.4. The zero-order valence-electron chi connectivity index (χ0n) is 20.1. The first-order chi connectivity index (χ1) is 16.3. The third kappa shape index (κ3) is 4.64. The summed E-state index contributed by atoms with van der Waals surface area (Å²) in [4.78, 5) is 11.5. The summed E-state index contributed by atoms with van der Waals surface area (Å²) in [5, 5.41) is 4.98. The number of ether oxygens (including phenoxy) is 1. The van der Waals surface area contributed by atoms with Gasteiger partial charge in [0.2, 0.25) is 10.0 Å². The summed E-state index contributed by atoms with van der Waals surface area (Å²) in [6.07, 6.45) is 1.64. The SMILES string of the molecule is CCCc1nc(C)c2c(Cl)nc(-c3cc(S(=O)(=O)N4CCN(CC)CC4)ccc3OCC)nn12. The van der Waals surface area contributed by atoms with Crippen LogP contribution >= 0.6 is 11.6 Å². The van der Waals surface area contributed by atoms with Crippen LogP contribution in [0, 0.1) is 6.92 Å². The molecule has 0 bridgehead atoms. The summed E-state index contributed by atoms with van der Waals surface area (Å²) in [6, 6.07) is 4.84. The van der Waals surface area contributed by atoms with Crippen molar-refractivity contribution in [2.24, 2.45) is 0 Å². The third-order valence-corrected chi connectivity index (χ3v) is 8.23. The van der Waals surface area contributed by atoms with E-state index in [1.807, 2.05) is 13.8 Å². The zero-order valence-corrected chi connectivity index (χ0v) is 21.7. The molecule has 3 heterocycles. The quantitative estimate of drug-likeness (QED) is 0.462. The van der Waals surface area contributed by atoms with Crippen LogP contribution in [0.5, 0.6) is 5.75 Å². The number of aryl methyl sites for hydroxylation is 2. The normalized spacial score (nSPS) is 15.8. The van der Waals surface area contributed by atoms with E-state index >= 15 is 0 Å². The highest BCUT2D eigenvalue weighted by molar-refractivity contribution is 7.89. The molecule has 1 aromatic carbocycles. The summed E-state index contributed by atoms with van der Waals surface area (Å²) < 4.78 is 35.9. The molecular formula is C23H31ClN6O3S. The Labute approximate surface area is 205 Å². The summed E-state index contributed by atoms with van der Waals surface area (Å²) in [5.74, 6) is 1.58. The second kappa shape index (κ2) is 10.2. The van der Waals surface area contributed by atoms with Crippen LogP contribution in [0.4, 0.5) is 0 Å². The van der Waals surface area contributed by atoms with Gasteiger partial charge in [0, 0.05) is 32.6 Å². The summed E-state index contributed by atoms with van der Waals surface area (Å²) >= 11 is 6.56. The highest BCUT2D eigenvalue weighted by atomic mass is 35.5. The molecule has 1 saturated heterocycles. The number of likely N-dealkylation sites (N-methyl/N-ethyl adjacent to an activating group) is 1. The lowest BCUT2D eigenvalue weighted by Gasteiger charge is -2.33. The molecular weight excluding hydrogens is 476 g/mol. The van der Waals surface area contributed by atoms with E-state index < -0.39 is 10.0 Å². The molecule has 0 amide bonds. The summed E-state index contributed by atoms with van der Waals surface area (Å²) in [5.41, 5.74) is 1.89. The van der Waals surface area contributed by atoms with Crippen LogP contribution in [0.1, 0.15) is 38.7 Å². The van der Waals surface area contributed by atoms with Crippen LogP contribution in [-0.2, 0) is 16.4 Å². The van der Waals surface area contributed by atoms with Crippen molar-refractivity contribution in [3.8, 4) is 17.1 Å². The van der Waals surface area contributed by atoms with Gasteiger partial charge in [-0.25, -0.2) is 22.9 Å². The zero-order chi connectivity index (χ0) is 24.5. The van der Waals surface area contributed by atoms with E-state index in [0.717, 1.165) is 44.0 Å². The number of imidazole rings is 1. The van der Waals surface area contributed by atoms with Gasteiger partial charge < -0.3 is 9.64 Å². The molecule has 0 unspecified atom stereocenters. The molecule has 0 atom stereocenters. The van der Waals surface area contributed by atoms with E-state index in [0.29, 0.717) is 42.4 Å². The Bertz CT molecular complexity index is 1290. The molecule has 0 spiro atoms. The fourth-order valence-corrected chi connectivity index (χ4v) is 5.99. The third-order valence-electron chi connectivity index (χ3n) is 6.07. The van der Waals surface area contributed by atoms with E-state index in [2.05, 4.69) is 28.7 Å². The second-order valence-electron chi connectivity index (χ2n) is 8.28. The fraction of sp³-hybridized carbons (Fsp3) is 0.522. The monoisotopic (exact) mass is 506 g/mol. The van der Waals surface area contributed by atoms with Crippen molar-refractivity contribution in [3.63, 3.8) is 0 Å². The lowest BCUT2D eigenvalue weighted by atomic mass is 10.2. The maximum atomic E-state index is 13.4. The molecule has 34 heavy (non-hydrogen) atoms. The molecule has 0 radical (unpaired) electrons. The van der Waals surface area contributed by atoms with Gasteiger partial charge in [0.25, 0.3) is 0 Å². The minimum absolute atomic E-state index is 0.186. The van der Waals surface area contributed by atoms with Crippen molar-refractivity contribution in [1.29, 1.82) is 0 Å². The average Bonchev–Trinajstić information content (AvgIpc) is 3.15. The van der Waals surface area contributed by atoms with Gasteiger partial charge in [0.15, 0.2) is 11.0 Å². The second-order valence-corrected chi connectivity index (χ2v) is 10.6. The van der Waals surface area contributed by atoms with Gasteiger partial charge in [-0.3, -0.25) is 0 Å². The van der Waals surface area contributed by atoms with Gasteiger partial charge in [-0.2, -0.15) is 4.31 Å². The molecule has 1 aliphatic rings. The topological polar surface area (TPSA) is 92.9 Å². The number of benzene rings is 1. The largest absolute Gasteiger partial charge is 0.493 e. The number of hydrogen-bond donors (Lipinski definition) is 0. The molecule has 0 saturated carbocycles. The standard InChI is InChI=1S/C23H31ClN6O3S/c1-5-8-20-25-16(4)21-22(24)26-23(27-30(20)21)18-15-17(9-10-19(18)33-7-3)34(31,32)29-13-11-28(6-2)12-14-29/h9-10,15H,5-8,11-14H2,1-4H3. The van der Waals surface area contributed by atoms with Crippen LogP contribution in [0.15, 0.2) is 23.1 Å². The number of sulfonamides is 1.